The van der Waals surface area contributed by atoms with Gasteiger partial charge in [0.1, 0.15) is 0 Å². The van der Waals surface area contributed by atoms with E-state index in [4.69, 9.17) is 0 Å². The van der Waals surface area contributed by atoms with Gasteiger partial charge in [-0.3, -0.25) is 9.78 Å². The number of aromatic nitrogens is 1. The monoisotopic (exact) mass is 219 g/mol. The van der Waals surface area contributed by atoms with E-state index < -0.39 is 0 Å². The number of carbonyl (C=O) groups is 1. The van der Waals surface area contributed by atoms with Crippen LogP contribution in [0.1, 0.15) is 22.5 Å². The summed E-state index contributed by atoms with van der Waals surface area (Å²) in [5.41, 5.74) is 1.53. The van der Waals surface area contributed by atoms with Crippen LogP contribution in [0.4, 0.5) is 0 Å². The molecule has 1 N–H and O–H groups in total. The number of likely N-dealkylation sites (N-methyl/N-ethyl adjacent to an activating group) is 1. The molecule has 0 aliphatic carbocycles. The van der Waals surface area contributed by atoms with Gasteiger partial charge in [0.2, 0.25) is 0 Å². The summed E-state index contributed by atoms with van der Waals surface area (Å²) < 4.78 is 0. The second-order valence-corrected chi connectivity index (χ2v) is 4.16. The molecule has 2 rings (SSSR count). The summed E-state index contributed by atoms with van der Waals surface area (Å²) in [6.07, 6.45) is 2.74. The number of amides is 1. The molecule has 1 atom stereocenters. The number of rotatable bonds is 2. The number of aryl methyl sites for hydroxylation is 1. The minimum absolute atomic E-state index is 0.100. The van der Waals surface area contributed by atoms with Gasteiger partial charge < -0.3 is 10.2 Å². The zero-order valence-electron chi connectivity index (χ0n) is 9.73. The lowest BCUT2D eigenvalue weighted by Crippen LogP contribution is -2.33. The second-order valence-electron chi connectivity index (χ2n) is 4.16. The first-order valence-corrected chi connectivity index (χ1v) is 5.60. The van der Waals surface area contributed by atoms with E-state index in [0.717, 1.165) is 30.8 Å². The maximum absolute atomic E-state index is 12.2. The van der Waals surface area contributed by atoms with E-state index >= 15 is 0 Å². The fourth-order valence-electron chi connectivity index (χ4n) is 2.06. The number of likely N-dealkylation sites (tertiary alicyclic amines) is 1. The number of nitrogens with zero attached hydrogens (tertiary/aromatic N) is 2. The summed E-state index contributed by atoms with van der Waals surface area (Å²) in [6, 6.07) is 4.09. The number of hydrogen-bond acceptors (Lipinski definition) is 3. The third-order valence-electron chi connectivity index (χ3n) is 3.12. The average Bonchev–Trinajstić information content (AvgIpc) is 2.77. The number of hydrogen-bond donors (Lipinski definition) is 1. The van der Waals surface area contributed by atoms with Crippen molar-refractivity contribution in [3.8, 4) is 0 Å². The Morgan fingerprint density at radius 1 is 1.62 bits per heavy atom. The molecular weight excluding hydrogens is 202 g/mol. The molecule has 0 saturated carbocycles. The quantitative estimate of drug-likeness (QED) is 0.801. The highest BCUT2D eigenvalue weighted by molar-refractivity contribution is 5.95. The van der Waals surface area contributed by atoms with Gasteiger partial charge in [0.25, 0.3) is 5.91 Å². The van der Waals surface area contributed by atoms with Crippen molar-refractivity contribution in [2.45, 2.75) is 19.4 Å². The summed E-state index contributed by atoms with van der Waals surface area (Å²) in [6.45, 7) is 3.50. The zero-order valence-corrected chi connectivity index (χ0v) is 9.73. The van der Waals surface area contributed by atoms with E-state index in [1.165, 1.54) is 0 Å². The van der Waals surface area contributed by atoms with Gasteiger partial charge in [-0.2, -0.15) is 0 Å². The summed E-state index contributed by atoms with van der Waals surface area (Å²) >= 11 is 0. The number of carbonyl (C=O) groups excluding carboxylic acids is 1. The Morgan fingerprint density at radius 3 is 3.06 bits per heavy atom. The minimum atomic E-state index is 0.100. The van der Waals surface area contributed by atoms with Crippen LogP contribution in [0.2, 0.25) is 0 Å². The highest BCUT2D eigenvalue weighted by atomic mass is 16.2. The molecule has 1 aromatic rings. The molecule has 0 bridgehead atoms. The molecule has 1 amide bonds. The molecule has 4 nitrogen and oxygen atoms in total. The van der Waals surface area contributed by atoms with Crippen molar-refractivity contribution in [1.29, 1.82) is 0 Å². The van der Waals surface area contributed by atoms with Crippen LogP contribution >= 0.6 is 0 Å². The van der Waals surface area contributed by atoms with Gasteiger partial charge in [0.15, 0.2) is 0 Å². The first-order valence-electron chi connectivity index (χ1n) is 5.60. The maximum Gasteiger partial charge on any atom is 0.255 e. The van der Waals surface area contributed by atoms with Crippen LogP contribution in [-0.4, -0.2) is 42.0 Å². The molecule has 1 fully saturated rings. The molecule has 2 heterocycles. The molecule has 86 valence electrons. The molecule has 1 aliphatic rings. The maximum atomic E-state index is 12.2. The first kappa shape index (κ1) is 11.1. The van der Waals surface area contributed by atoms with Crippen molar-refractivity contribution in [3.63, 3.8) is 0 Å². The minimum Gasteiger partial charge on any atom is -0.337 e. The van der Waals surface area contributed by atoms with E-state index in [-0.39, 0.29) is 5.91 Å². The molecule has 4 heteroatoms. The number of pyridine rings is 1. The van der Waals surface area contributed by atoms with Crippen molar-refractivity contribution in [2.24, 2.45) is 0 Å². The van der Waals surface area contributed by atoms with E-state index in [0.29, 0.717) is 6.04 Å². The Labute approximate surface area is 95.7 Å². The van der Waals surface area contributed by atoms with Crippen molar-refractivity contribution in [2.75, 3.05) is 20.1 Å². The van der Waals surface area contributed by atoms with E-state index in [2.05, 4.69) is 10.3 Å². The van der Waals surface area contributed by atoms with Crippen molar-refractivity contribution in [3.05, 3.63) is 29.6 Å². The van der Waals surface area contributed by atoms with Crippen LogP contribution in [0.3, 0.4) is 0 Å². The lowest BCUT2D eigenvalue weighted by Gasteiger charge is -2.17. The highest BCUT2D eigenvalue weighted by Crippen LogP contribution is 2.14. The largest absolute Gasteiger partial charge is 0.337 e. The molecule has 1 aliphatic heterocycles. The van der Waals surface area contributed by atoms with Gasteiger partial charge >= 0.3 is 0 Å². The second kappa shape index (κ2) is 4.61. The zero-order chi connectivity index (χ0) is 11.5. The Hall–Kier alpha value is -1.42. The molecule has 0 radical (unpaired) electrons. The Morgan fingerprint density at radius 2 is 2.44 bits per heavy atom. The summed E-state index contributed by atoms with van der Waals surface area (Å²) in [5.74, 6) is 0.100. The van der Waals surface area contributed by atoms with Crippen LogP contribution in [-0.2, 0) is 0 Å². The molecule has 16 heavy (non-hydrogen) atoms. The lowest BCUT2D eigenvalue weighted by atomic mass is 10.2. The molecule has 0 spiro atoms. The third-order valence-corrected chi connectivity index (χ3v) is 3.12. The van der Waals surface area contributed by atoms with Crippen LogP contribution in [0, 0.1) is 6.92 Å². The fraction of sp³-hybridized carbons (Fsp3) is 0.500. The smallest absolute Gasteiger partial charge is 0.255 e. The Kier molecular flexibility index (Phi) is 3.19. The van der Waals surface area contributed by atoms with Crippen LogP contribution in [0.25, 0.3) is 0 Å². The molecule has 1 unspecified atom stereocenters. The molecular formula is C12H17N3O. The SMILES string of the molecule is CNC1CCN(C(=O)c2cccnc2C)C1. The Bertz CT molecular complexity index is 392. The van der Waals surface area contributed by atoms with Gasteiger partial charge in [-0.15, -0.1) is 0 Å². The molecule has 0 aromatic carbocycles. The van der Waals surface area contributed by atoms with Gasteiger partial charge in [0, 0.05) is 31.0 Å². The van der Waals surface area contributed by atoms with Gasteiger partial charge in [-0.1, -0.05) is 0 Å². The van der Waals surface area contributed by atoms with E-state index in [1.54, 1.807) is 6.20 Å². The van der Waals surface area contributed by atoms with Crippen LogP contribution in [0.15, 0.2) is 18.3 Å². The summed E-state index contributed by atoms with van der Waals surface area (Å²) in [7, 11) is 1.94. The van der Waals surface area contributed by atoms with Gasteiger partial charge in [-0.05, 0) is 32.5 Å². The fourth-order valence-corrected chi connectivity index (χ4v) is 2.06. The average molecular weight is 219 g/mol. The Balaban J connectivity index is 2.12. The predicted molar refractivity (Wildman–Crippen MR) is 62.3 cm³/mol. The van der Waals surface area contributed by atoms with Crippen LogP contribution in [0.5, 0.6) is 0 Å². The number of nitrogens with one attached hydrogen (secondary N) is 1. The van der Waals surface area contributed by atoms with Crippen molar-refractivity contribution >= 4 is 5.91 Å². The standard InChI is InChI=1S/C12H17N3O/c1-9-11(4-3-6-14-9)12(16)15-7-5-10(8-15)13-2/h3-4,6,10,13H,5,7-8H2,1-2H3. The van der Waals surface area contributed by atoms with Gasteiger partial charge in [-0.25, -0.2) is 0 Å². The summed E-state index contributed by atoms with van der Waals surface area (Å²) in [5, 5.41) is 3.21. The third kappa shape index (κ3) is 2.07. The lowest BCUT2D eigenvalue weighted by molar-refractivity contribution is 0.0788. The topological polar surface area (TPSA) is 45.2 Å². The van der Waals surface area contributed by atoms with E-state index in [9.17, 15) is 4.79 Å². The van der Waals surface area contributed by atoms with Gasteiger partial charge in [0.05, 0.1) is 5.56 Å². The van der Waals surface area contributed by atoms with Crippen LogP contribution < -0.4 is 5.32 Å². The normalized spacial score (nSPS) is 20.1. The van der Waals surface area contributed by atoms with Crippen molar-refractivity contribution in [1.82, 2.24) is 15.2 Å². The predicted octanol–water partition coefficient (Wildman–Crippen LogP) is 0.824. The van der Waals surface area contributed by atoms with Crippen molar-refractivity contribution < 1.29 is 4.79 Å². The highest BCUT2D eigenvalue weighted by Gasteiger charge is 2.26. The molecule has 1 aromatic heterocycles. The molecule has 1 saturated heterocycles. The first-order chi connectivity index (χ1) is 7.72. The van der Waals surface area contributed by atoms with E-state index in [1.807, 2.05) is 31.0 Å². The summed E-state index contributed by atoms with van der Waals surface area (Å²) in [4.78, 5) is 18.2.